The molecule has 160 valence electrons. The molecular formula is C26H16Cl2N4O. The lowest BCUT2D eigenvalue weighted by molar-refractivity contribution is -0.112. The van der Waals surface area contributed by atoms with Gasteiger partial charge in [0, 0.05) is 34.9 Å². The van der Waals surface area contributed by atoms with E-state index in [0.29, 0.717) is 27.8 Å². The largest absolute Gasteiger partial charge is 0.342 e. The summed E-state index contributed by atoms with van der Waals surface area (Å²) in [6, 6.07) is 24.0. The lowest BCUT2D eigenvalue weighted by Gasteiger charge is -2.07. The van der Waals surface area contributed by atoms with Gasteiger partial charge in [0.25, 0.3) is 5.91 Å². The number of benzene rings is 3. The fourth-order valence-corrected chi connectivity index (χ4v) is 3.85. The number of aromatic nitrogens is 1. The van der Waals surface area contributed by atoms with Crippen LogP contribution in [0.4, 0.5) is 5.69 Å². The van der Waals surface area contributed by atoms with Crippen LogP contribution in [0.3, 0.4) is 0 Å². The third kappa shape index (κ3) is 4.76. The van der Waals surface area contributed by atoms with Gasteiger partial charge in [-0.25, -0.2) is 0 Å². The minimum absolute atomic E-state index is 0.0543. The maximum Gasteiger partial charge on any atom is 0.266 e. The number of hydrogen-bond donors (Lipinski definition) is 1. The highest BCUT2D eigenvalue weighted by molar-refractivity contribution is 6.42. The molecule has 0 spiro atoms. The molecule has 0 unspecified atom stereocenters. The molecule has 0 fully saturated rings. The molecule has 1 N–H and O–H groups in total. The number of para-hydroxylation sites is 1. The average Bonchev–Trinajstić information content (AvgIpc) is 3.17. The Bertz CT molecular complexity index is 1490. The number of amides is 1. The van der Waals surface area contributed by atoms with E-state index in [1.54, 1.807) is 24.3 Å². The van der Waals surface area contributed by atoms with Crippen LogP contribution in [-0.4, -0.2) is 10.5 Å². The van der Waals surface area contributed by atoms with E-state index in [-0.39, 0.29) is 5.57 Å². The van der Waals surface area contributed by atoms with Crippen molar-refractivity contribution in [3.05, 3.63) is 105 Å². The summed E-state index contributed by atoms with van der Waals surface area (Å²) in [4.78, 5) is 12.7. The summed E-state index contributed by atoms with van der Waals surface area (Å²) in [6.45, 7) is 0.482. The molecule has 3 aromatic carbocycles. The predicted octanol–water partition coefficient (Wildman–Crippen LogP) is 6.41. The number of nitriles is 2. The highest BCUT2D eigenvalue weighted by Crippen LogP contribution is 2.27. The number of carbonyl (C=O) groups is 1. The Kier molecular flexibility index (Phi) is 6.47. The Morgan fingerprint density at radius 2 is 1.76 bits per heavy atom. The van der Waals surface area contributed by atoms with Crippen molar-refractivity contribution >= 4 is 51.8 Å². The molecule has 0 saturated heterocycles. The summed E-state index contributed by atoms with van der Waals surface area (Å²) >= 11 is 11.9. The molecule has 1 heterocycles. The van der Waals surface area contributed by atoms with Gasteiger partial charge in [0.2, 0.25) is 0 Å². The first-order valence-corrected chi connectivity index (χ1v) is 10.7. The number of fused-ring (bicyclic) bond motifs is 1. The molecule has 4 rings (SSSR count). The number of nitrogens with zero attached hydrogens (tertiary/aromatic N) is 3. The molecular weight excluding hydrogens is 455 g/mol. The number of halogens is 2. The molecule has 0 bridgehead atoms. The topological polar surface area (TPSA) is 81.6 Å². The zero-order chi connectivity index (χ0) is 23.4. The molecule has 7 heteroatoms. The van der Waals surface area contributed by atoms with Gasteiger partial charge in [0.05, 0.1) is 21.7 Å². The summed E-state index contributed by atoms with van der Waals surface area (Å²) in [7, 11) is 0. The van der Waals surface area contributed by atoms with Crippen molar-refractivity contribution in [1.82, 2.24) is 4.57 Å². The quantitative estimate of drug-likeness (QED) is 0.270. The first-order chi connectivity index (χ1) is 16.0. The van der Waals surface area contributed by atoms with E-state index in [1.807, 2.05) is 59.3 Å². The van der Waals surface area contributed by atoms with Crippen LogP contribution in [0.15, 0.2) is 78.5 Å². The highest BCUT2D eigenvalue weighted by Gasteiger charge is 2.14. The van der Waals surface area contributed by atoms with Gasteiger partial charge in [-0.1, -0.05) is 59.6 Å². The molecule has 0 aliphatic carbocycles. The first-order valence-electron chi connectivity index (χ1n) is 9.94. The number of nitrogens with one attached hydrogen (secondary N) is 1. The second-order valence-electron chi connectivity index (χ2n) is 7.25. The first kappa shape index (κ1) is 22.2. The number of rotatable bonds is 5. The fourth-order valence-electron chi connectivity index (χ4n) is 3.55. The monoisotopic (exact) mass is 470 g/mol. The molecule has 0 atom stereocenters. The lowest BCUT2D eigenvalue weighted by atomic mass is 10.1. The van der Waals surface area contributed by atoms with Gasteiger partial charge in [-0.3, -0.25) is 4.79 Å². The van der Waals surface area contributed by atoms with Gasteiger partial charge in [0.1, 0.15) is 11.6 Å². The van der Waals surface area contributed by atoms with E-state index in [1.165, 1.54) is 6.07 Å². The summed E-state index contributed by atoms with van der Waals surface area (Å²) in [6.07, 6.45) is 3.44. The predicted molar refractivity (Wildman–Crippen MR) is 131 cm³/mol. The molecule has 1 amide bonds. The molecule has 5 nitrogen and oxygen atoms in total. The van der Waals surface area contributed by atoms with Crippen LogP contribution in [0.1, 0.15) is 16.7 Å². The molecule has 33 heavy (non-hydrogen) atoms. The van der Waals surface area contributed by atoms with E-state index in [9.17, 15) is 15.3 Å². The standard InChI is InChI=1S/C26H16Cl2N4O/c27-23-10-9-21(12-24(23)28)31-26(33)19(14-30)11-20-16-32(25-8-4-3-7-22(20)25)15-18-6-2-1-5-17(18)13-29/h1-12,16H,15H2,(H,31,33)/b19-11+. The zero-order valence-electron chi connectivity index (χ0n) is 17.2. The second-order valence-corrected chi connectivity index (χ2v) is 8.07. The van der Waals surface area contributed by atoms with E-state index in [4.69, 9.17) is 23.2 Å². The van der Waals surface area contributed by atoms with Crippen LogP contribution >= 0.6 is 23.2 Å². The Morgan fingerprint density at radius 1 is 1.00 bits per heavy atom. The normalized spacial score (nSPS) is 11.1. The average molecular weight is 471 g/mol. The van der Waals surface area contributed by atoms with Crippen molar-refractivity contribution in [1.29, 1.82) is 10.5 Å². The van der Waals surface area contributed by atoms with E-state index in [2.05, 4.69) is 11.4 Å². The van der Waals surface area contributed by atoms with Crippen LogP contribution in [0, 0.1) is 22.7 Å². The van der Waals surface area contributed by atoms with Gasteiger partial charge >= 0.3 is 0 Å². The van der Waals surface area contributed by atoms with Crippen molar-refractivity contribution in [2.45, 2.75) is 6.54 Å². The number of anilines is 1. The smallest absolute Gasteiger partial charge is 0.266 e. The molecule has 0 saturated carbocycles. The van der Waals surface area contributed by atoms with Gasteiger partial charge < -0.3 is 9.88 Å². The van der Waals surface area contributed by atoms with Crippen LogP contribution in [0.25, 0.3) is 17.0 Å². The minimum Gasteiger partial charge on any atom is -0.342 e. The minimum atomic E-state index is -0.553. The Balaban J connectivity index is 1.70. The second kappa shape index (κ2) is 9.63. The van der Waals surface area contributed by atoms with Gasteiger partial charge in [-0.05, 0) is 42.0 Å². The van der Waals surface area contributed by atoms with Crippen LogP contribution in [-0.2, 0) is 11.3 Å². The lowest BCUT2D eigenvalue weighted by Crippen LogP contribution is -2.13. The third-order valence-electron chi connectivity index (χ3n) is 5.14. The Morgan fingerprint density at radius 3 is 2.52 bits per heavy atom. The maximum absolute atomic E-state index is 12.7. The summed E-state index contributed by atoms with van der Waals surface area (Å²) in [5.41, 5.74) is 3.52. The Labute approximate surface area is 200 Å². The van der Waals surface area contributed by atoms with Gasteiger partial charge in [-0.2, -0.15) is 10.5 Å². The van der Waals surface area contributed by atoms with Gasteiger partial charge in [0.15, 0.2) is 0 Å². The molecule has 4 aromatic rings. The molecule has 0 radical (unpaired) electrons. The van der Waals surface area contributed by atoms with Crippen molar-refractivity contribution in [2.75, 3.05) is 5.32 Å². The van der Waals surface area contributed by atoms with E-state index < -0.39 is 5.91 Å². The van der Waals surface area contributed by atoms with Crippen molar-refractivity contribution in [2.24, 2.45) is 0 Å². The van der Waals surface area contributed by atoms with Crippen molar-refractivity contribution in [3.63, 3.8) is 0 Å². The van der Waals surface area contributed by atoms with E-state index in [0.717, 1.165) is 22.0 Å². The van der Waals surface area contributed by atoms with E-state index >= 15 is 0 Å². The van der Waals surface area contributed by atoms with Crippen LogP contribution < -0.4 is 5.32 Å². The molecule has 0 aliphatic heterocycles. The fraction of sp³-hybridized carbons (Fsp3) is 0.0385. The number of hydrogen-bond acceptors (Lipinski definition) is 3. The van der Waals surface area contributed by atoms with Crippen LogP contribution in [0.2, 0.25) is 10.0 Å². The molecule has 0 aliphatic rings. The van der Waals surface area contributed by atoms with Crippen LogP contribution in [0.5, 0.6) is 0 Å². The molecule has 1 aromatic heterocycles. The zero-order valence-corrected chi connectivity index (χ0v) is 18.7. The highest BCUT2D eigenvalue weighted by atomic mass is 35.5. The van der Waals surface area contributed by atoms with Crippen molar-refractivity contribution in [3.8, 4) is 12.1 Å². The summed E-state index contributed by atoms with van der Waals surface area (Å²) in [5.74, 6) is -0.553. The SMILES string of the molecule is N#C/C(=C\c1cn(Cc2ccccc2C#N)c2ccccc12)C(=O)Nc1ccc(Cl)c(Cl)c1. The summed E-state index contributed by atoms with van der Waals surface area (Å²) < 4.78 is 2.00. The Hall–Kier alpha value is -4.03. The summed E-state index contributed by atoms with van der Waals surface area (Å²) in [5, 5.41) is 23.3. The van der Waals surface area contributed by atoms with Crippen molar-refractivity contribution < 1.29 is 4.79 Å². The third-order valence-corrected chi connectivity index (χ3v) is 5.88. The van der Waals surface area contributed by atoms with Gasteiger partial charge in [-0.15, -0.1) is 0 Å². The number of carbonyl (C=O) groups excluding carboxylic acids is 1. The maximum atomic E-state index is 12.7.